The maximum absolute atomic E-state index is 12.1. The number of furan rings is 1. The summed E-state index contributed by atoms with van der Waals surface area (Å²) in [7, 11) is 0. The summed E-state index contributed by atoms with van der Waals surface area (Å²) in [6, 6.07) is 19.9. The number of anilines is 1. The van der Waals surface area contributed by atoms with Crippen molar-refractivity contribution in [3.8, 4) is 0 Å². The van der Waals surface area contributed by atoms with Crippen molar-refractivity contribution in [2.45, 2.75) is 19.4 Å². The zero-order valence-electron chi connectivity index (χ0n) is 16.0. The molecule has 0 radical (unpaired) electrons. The van der Waals surface area contributed by atoms with Crippen molar-refractivity contribution in [2.24, 2.45) is 0 Å². The van der Waals surface area contributed by atoms with E-state index in [4.69, 9.17) is 4.42 Å². The quantitative estimate of drug-likeness (QED) is 0.444. The molecule has 2 aromatic carbocycles. The molecule has 0 aliphatic carbocycles. The molecule has 2 heterocycles. The molecular formula is C23H22N4O2. The Morgan fingerprint density at radius 1 is 0.966 bits per heavy atom. The molecule has 4 rings (SSSR count). The van der Waals surface area contributed by atoms with Crippen molar-refractivity contribution in [2.75, 3.05) is 11.9 Å². The van der Waals surface area contributed by atoms with Gasteiger partial charge in [-0.05, 0) is 36.6 Å². The smallest absolute Gasteiger partial charge is 0.254 e. The Morgan fingerprint density at radius 3 is 2.62 bits per heavy atom. The van der Waals surface area contributed by atoms with Gasteiger partial charge in [-0.25, -0.2) is 9.97 Å². The van der Waals surface area contributed by atoms with E-state index in [-0.39, 0.29) is 12.5 Å². The van der Waals surface area contributed by atoms with Gasteiger partial charge in [0.05, 0.1) is 23.9 Å². The van der Waals surface area contributed by atoms with Gasteiger partial charge in [-0.3, -0.25) is 4.79 Å². The number of fused-ring (bicyclic) bond motifs is 1. The predicted octanol–water partition coefficient (Wildman–Crippen LogP) is 4.20. The number of benzene rings is 2. The largest absolute Gasteiger partial charge is 0.472 e. The van der Waals surface area contributed by atoms with Gasteiger partial charge in [-0.2, -0.15) is 0 Å². The van der Waals surface area contributed by atoms with E-state index in [9.17, 15) is 4.79 Å². The highest BCUT2D eigenvalue weighted by Gasteiger charge is 2.10. The first-order valence-corrected chi connectivity index (χ1v) is 9.63. The Labute approximate surface area is 169 Å². The van der Waals surface area contributed by atoms with Crippen LogP contribution in [0.1, 0.15) is 28.2 Å². The molecule has 6 nitrogen and oxygen atoms in total. The van der Waals surface area contributed by atoms with Crippen molar-refractivity contribution in [1.82, 2.24) is 15.3 Å². The molecule has 0 saturated heterocycles. The van der Waals surface area contributed by atoms with Crippen LogP contribution in [-0.2, 0) is 13.0 Å². The number of rotatable bonds is 8. The molecule has 0 aliphatic rings. The molecule has 4 aromatic rings. The van der Waals surface area contributed by atoms with E-state index in [1.165, 1.54) is 18.1 Å². The number of amides is 1. The summed E-state index contributed by atoms with van der Waals surface area (Å²) in [6.07, 6.45) is 4.88. The molecule has 0 spiro atoms. The predicted molar refractivity (Wildman–Crippen MR) is 113 cm³/mol. The standard InChI is InChI=1S/C23H22N4O2/c28-23(18-12-14-29-16-18)25-15-21-26-20-11-5-4-10-19(20)22(27-21)24-13-6-9-17-7-2-1-3-8-17/h1-5,7-8,10-12,14,16H,6,9,13,15H2,(H,25,28)(H,24,26,27). The number of para-hydroxylation sites is 1. The van der Waals surface area contributed by atoms with Crippen LogP contribution in [-0.4, -0.2) is 22.4 Å². The van der Waals surface area contributed by atoms with Gasteiger partial charge >= 0.3 is 0 Å². The summed E-state index contributed by atoms with van der Waals surface area (Å²) in [5.41, 5.74) is 2.65. The average Bonchev–Trinajstić information content (AvgIpc) is 3.31. The Balaban J connectivity index is 1.43. The summed E-state index contributed by atoms with van der Waals surface area (Å²) in [4.78, 5) is 21.3. The monoisotopic (exact) mass is 386 g/mol. The lowest BCUT2D eigenvalue weighted by atomic mass is 10.1. The second-order valence-corrected chi connectivity index (χ2v) is 6.72. The number of hydrogen-bond acceptors (Lipinski definition) is 5. The van der Waals surface area contributed by atoms with Crippen LogP contribution in [0.2, 0.25) is 0 Å². The van der Waals surface area contributed by atoms with Crippen LogP contribution in [0.5, 0.6) is 0 Å². The van der Waals surface area contributed by atoms with Gasteiger partial charge in [0, 0.05) is 11.9 Å². The number of nitrogens with zero attached hydrogens (tertiary/aromatic N) is 2. The van der Waals surface area contributed by atoms with Crippen LogP contribution < -0.4 is 10.6 Å². The first-order valence-electron chi connectivity index (χ1n) is 9.63. The van der Waals surface area contributed by atoms with Crippen LogP contribution in [0.4, 0.5) is 5.82 Å². The van der Waals surface area contributed by atoms with E-state index >= 15 is 0 Å². The highest BCUT2D eigenvalue weighted by Crippen LogP contribution is 2.20. The van der Waals surface area contributed by atoms with E-state index in [1.54, 1.807) is 6.07 Å². The van der Waals surface area contributed by atoms with Crippen molar-refractivity contribution in [3.63, 3.8) is 0 Å². The maximum Gasteiger partial charge on any atom is 0.254 e. The van der Waals surface area contributed by atoms with Crippen molar-refractivity contribution in [3.05, 3.63) is 90.1 Å². The third-order valence-corrected chi connectivity index (χ3v) is 4.62. The second-order valence-electron chi connectivity index (χ2n) is 6.72. The van der Waals surface area contributed by atoms with Crippen LogP contribution >= 0.6 is 0 Å². The third-order valence-electron chi connectivity index (χ3n) is 4.62. The number of nitrogens with one attached hydrogen (secondary N) is 2. The van der Waals surface area contributed by atoms with E-state index in [1.807, 2.05) is 30.3 Å². The summed E-state index contributed by atoms with van der Waals surface area (Å²) in [5, 5.41) is 7.23. The van der Waals surface area contributed by atoms with Gasteiger partial charge in [0.15, 0.2) is 5.82 Å². The molecule has 0 bridgehead atoms. The normalized spacial score (nSPS) is 10.8. The number of aromatic nitrogens is 2. The fourth-order valence-electron chi connectivity index (χ4n) is 3.14. The zero-order valence-corrected chi connectivity index (χ0v) is 16.0. The molecule has 0 atom stereocenters. The first kappa shape index (κ1) is 18.7. The topological polar surface area (TPSA) is 80.0 Å². The molecule has 0 fully saturated rings. The van der Waals surface area contributed by atoms with Crippen molar-refractivity contribution < 1.29 is 9.21 Å². The maximum atomic E-state index is 12.1. The Kier molecular flexibility index (Phi) is 5.81. The van der Waals surface area contributed by atoms with Crippen LogP contribution in [0, 0.1) is 0 Å². The lowest BCUT2D eigenvalue weighted by molar-refractivity contribution is 0.0949. The van der Waals surface area contributed by atoms with E-state index in [2.05, 4.69) is 44.9 Å². The number of aryl methyl sites for hydroxylation is 1. The Morgan fingerprint density at radius 2 is 1.79 bits per heavy atom. The second kappa shape index (κ2) is 9.01. The van der Waals surface area contributed by atoms with E-state index < -0.39 is 0 Å². The molecule has 2 N–H and O–H groups in total. The van der Waals surface area contributed by atoms with Gasteiger partial charge < -0.3 is 15.1 Å². The van der Waals surface area contributed by atoms with Crippen molar-refractivity contribution in [1.29, 1.82) is 0 Å². The summed E-state index contributed by atoms with van der Waals surface area (Å²) >= 11 is 0. The number of carbonyl (C=O) groups excluding carboxylic acids is 1. The van der Waals surface area contributed by atoms with Gasteiger partial charge in [0.2, 0.25) is 0 Å². The number of carbonyl (C=O) groups is 1. The highest BCUT2D eigenvalue weighted by atomic mass is 16.3. The SMILES string of the molecule is O=C(NCc1nc(NCCCc2ccccc2)c2ccccc2n1)c1ccoc1. The lowest BCUT2D eigenvalue weighted by Crippen LogP contribution is -2.23. The minimum atomic E-state index is -0.215. The van der Waals surface area contributed by atoms with Crippen LogP contribution in [0.25, 0.3) is 10.9 Å². The van der Waals surface area contributed by atoms with Crippen LogP contribution in [0.3, 0.4) is 0 Å². The van der Waals surface area contributed by atoms with Crippen molar-refractivity contribution >= 4 is 22.6 Å². The van der Waals surface area contributed by atoms with Gasteiger partial charge in [-0.1, -0.05) is 42.5 Å². The molecule has 0 aliphatic heterocycles. The first-order chi connectivity index (χ1) is 14.3. The minimum absolute atomic E-state index is 0.215. The molecule has 0 unspecified atom stereocenters. The van der Waals surface area contributed by atoms with Gasteiger partial charge in [-0.15, -0.1) is 0 Å². The Bertz CT molecular complexity index is 1080. The number of hydrogen-bond donors (Lipinski definition) is 2. The van der Waals surface area contributed by atoms with Crippen LogP contribution in [0.15, 0.2) is 77.6 Å². The molecule has 2 aromatic heterocycles. The van der Waals surface area contributed by atoms with Gasteiger partial charge in [0.1, 0.15) is 12.1 Å². The third kappa shape index (κ3) is 4.79. The Hall–Kier alpha value is -3.67. The summed E-state index contributed by atoms with van der Waals surface area (Å²) in [6.45, 7) is 1.05. The summed E-state index contributed by atoms with van der Waals surface area (Å²) < 4.78 is 4.95. The molecule has 29 heavy (non-hydrogen) atoms. The molecule has 6 heteroatoms. The van der Waals surface area contributed by atoms with E-state index in [0.717, 1.165) is 36.1 Å². The fourth-order valence-corrected chi connectivity index (χ4v) is 3.14. The molecule has 146 valence electrons. The zero-order chi connectivity index (χ0) is 19.9. The lowest BCUT2D eigenvalue weighted by Gasteiger charge is -2.11. The molecular weight excluding hydrogens is 364 g/mol. The summed E-state index contributed by atoms with van der Waals surface area (Å²) in [5.74, 6) is 1.13. The highest BCUT2D eigenvalue weighted by molar-refractivity contribution is 5.93. The average molecular weight is 386 g/mol. The molecule has 1 amide bonds. The minimum Gasteiger partial charge on any atom is -0.472 e. The fraction of sp³-hybridized carbons (Fsp3) is 0.174. The van der Waals surface area contributed by atoms with E-state index in [0.29, 0.717) is 11.4 Å². The molecule has 0 saturated carbocycles. The van der Waals surface area contributed by atoms with Gasteiger partial charge in [0.25, 0.3) is 5.91 Å².